The van der Waals surface area contributed by atoms with Crippen LogP contribution in [0.5, 0.6) is 0 Å². The second kappa shape index (κ2) is 101. The molecule has 0 aromatic heterocycles. The Hall–Kier alpha value is 1.41. The molecule has 12 aliphatic rings. The van der Waals surface area contributed by atoms with Gasteiger partial charge in [0.25, 0.3) is 0 Å². The topological polar surface area (TPSA) is 73.8 Å². The normalized spacial score (nSPS) is 18.4. The molecule has 0 aromatic rings. The molecule has 0 aromatic carbocycles. The van der Waals surface area contributed by atoms with E-state index in [4.69, 9.17) is 2.67 Å². The number of aliphatic imine (C=N–C) groups is 2. The Kier molecular flexibility index (Phi) is 109. The van der Waals surface area contributed by atoms with Crippen molar-refractivity contribution in [3.63, 3.8) is 0 Å². The molecule has 0 aliphatic carbocycles. The molecule has 0 saturated carbocycles. The second-order valence-electron chi connectivity index (χ2n) is 36.1. The minimum Gasteiger partial charge on any atom is -1.00 e. The average molecular weight is 2590 g/mol. The van der Waals surface area contributed by atoms with Gasteiger partial charge in [-0.15, -0.1) is 6.58 Å². The molecule has 732 valence electrons. The number of rotatable bonds is 33. The zero-order valence-corrected chi connectivity index (χ0v) is 101. The molecule has 12 rings (SSSR count). The van der Waals surface area contributed by atoms with Crippen LogP contribution in [0.15, 0.2) is 34.8 Å². The van der Waals surface area contributed by atoms with Gasteiger partial charge in [0.1, 0.15) is 0 Å². The van der Waals surface area contributed by atoms with Crippen LogP contribution in [0.2, 0.25) is 0 Å². The van der Waals surface area contributed by atoms with E-state index in [1.54, 1.807) is 11.7 Å². The van der Waals surface area contributed by atoms with E-state index in [0.717, 1.165) is 31.3 Å². The number of alkyl halides is 2. The third-order valence-corrected chi connectivity index (χ3v) is 27.5. The molecule has 22 heteroatoms. The molecular formula is C103H204B2Br6N12U2. The first-order chi connectivity index (χ1) is 59.1. The Bertz CT molecular complexity index is 2480. The first kappa shape index (κ1) is 135. The second-order valence-corrected chi connectivity index (χ2v) is 37.5. The van der Waals surface area contributed by atoms with Gasteiger partial charge in [-0.05, 0) is 201 Å². The number of fused-ring (bicyclic) bond motifs is 2. The third-order valence-electron chi connectivity index (χ3n) is 26.0. The summed E-state index contributed by atoms with van der Waals surface area (Å²) in [6.45, 7) is 53.3. The molecule has 2 unspecified atom stereocenters. The summed E-state index contributed by atoms with van der Waals surface area (Å²) in [5, 5.41) is 9.37. The summed E-state index contributed by atoms with van der Waals surface area (Å²) in [5.74, 6) is 11.1. The van der Waals surface area contributed by atoms with E-state index >= 15 is 0 Å². The average Bonchev–Trinajstić information content (AvgIpc) is 1.82. The number of halogens is 6. The molecule has 2 fully saturated rings. The van der Waals surface area contributed by atoms with Gasteiger partial charge < -0.3 is 77.7 Å². The Morgan fingerprint density at radius 1 is 0.408 bits per heavy atom. The Morgan fingerprint density at radius 3 is 1.21 bits per heavy atom. The minimum absolute atomic E-state index is 0. The predicted molar refractivity (Wildman–Crippen MR) is 545 cm³/mol. The molecule has 2 N–H and O–H groups in total. The maximum absolute atomic E-state index is 5.25. The molecule has 0 bridgehead atoms. The van der Waals surface area contributed by atoms with Crippen LogP contribution in [0.25, 0.3) is 0 Å². The molecule has 12 aliphatic heterocycles. The summed E-state index contributed by atoms with van der Waals surface area (Å²) in [4.78, 5) is 19.5. The molecule has 12 heterocycles. The zero-order valence-electron chi connectivity index (χ0n) is 84.8. The molecule has 12 nitrogen and oxygen atoms in total. The largest absolute Gasteiger partial charge is 1.00 e. The number of unbranched alkanes of at least 4 members (excludes halogenated alkanes) is 17. The van der Waals surface area contributed by atoms with Gasteiger partial charge >= 0.3 is 0 Å². The van der Waals surface area contributed by atoms with Crippen molar-refractivity contribution in [3.8, 4) is 0 Å². The summed E-state index contributed by atoms with van der Waals surface area (Å²) in [6, 6.07) is 0. The van der Waals surface area contributed by atoms with Crippen LogP contribution in [0.4, 0.5) is 0 Å². The fourth-order valence-corrected chi connectivity index (χ4v) is 19.4. The predicted octanol–water partition coefficient (Wildman–Crippen LogP) is 14.2. The molecule has 0 spiro atoms. The number of allylic oxidation sites excluding steroid dienone is 2. The first-order valence-corrected chi connectivity index (χ1v) is 53.7. The molecule has 125 heavy (non-hydrogen) atoms. The van der Waals surface area contributed by atoms with Crippen molar-refractivity contribution in [1.82, 2.24) is 30.2 Å². The maximum Gasteiger partial charge on any atom is 0.246 e. The monoisotopic (exact) mass is 2580 g/mol. The van der Waals surface area contributed by atoms with Crippen molar-refractivity contribution in [2.45, 2.75) is 449 Å². The van der Waals surface area contributed by atoms with E-state index in [-0.39, 0.29) is 138 Å². The van der Waals surface area contributed by atoms with Gasteiger partial charge in [0.2, 0.25) is 23.3 Å². The summed E-state index contributed by atoms with van der Waals surface area (Å²) in [6.07, 6.45) is 82.3. The van der Waals surface area contributed by atoms with E-state index < -0.39 is 0 Å². The van der Waals surface area contributed by atoms with Crippen LogP contribution >= 0.6 is 31.9 Å². The van der Waals surface area contributed by atoms with Crippen LogP contribution in [0.3, 0.4) is 0 Å². The first-order valence-electron chi connectivity index (χ1n) is 52.6. The van der Waals surface area contributed by atoms with Crippen LogP contribution in [0.1, 0.15) is 449 Å². The summed E-state index contributed by atoms with van der Waals surface area (Å²) < 4.78 is 21.0. The van der Waals surface area contributed by atoms with Crippen LogP contribution < -0.4 is 78.6 Å². The maximum atomic E-state index is 5.25. The van der Waals surface area contributed by atoms with Gasteiger partial charge in [-0.2, -0.15) is 0 Å². The van der Waals surface area contributed by atoms with Crippen molar-refractivity contribution < 1.29 is 148 Å². The molecular weight excluding hydrogens is 2380 g/mol. The number of nitrogens with zero attached hydrogens (tertiary/aromatic N) is 10. The standard InChI is InChI=1S/2C17H33N2.4C9H16N2.2C8H17Br.2C8H16.CH4.2BH.4BrH.2U/c1-3-5-10-16(4-2)15-19-14-9-13-18-12-8-6-7-11-17(18)19;1-2-3-4-5-6-9-13-18-15-11-16-19-14-10-7-8-12-17(18)19;4*1-2-5-9-10-6-4-8-11(9)7-3-1;1-3-5-6-8(4-2)7-9;1-2-3-4-5-6-7-8-9;1-4-6-7-8(3)5-2;1-3-5-7-8-6-4-2;;;;;;;;;/h16H,3-15H2,1-2H3;2-16H2,1H3;4*1-8H2;8H,3-7H2,1-2H3;2-8H2,1H3;3-7H2,1-2H3;3H,1,4-8H2,2H3;1H4;6*1H;;/q2*+1;;;;;;;;;;;;;;;;;/p-2/i;;;;;;;;;;;2*1D;;;;;;. The summed E-state index contributed by atoms with van der Waals surface area (Å²) >= 11 is 6.92. The van der Waals surface area contributed by atoms with E-state index in [2.05, 4.69) is 183 Å². The third kappa shape index (κ3) is 70.7. The smallest absolute Gasteiger partial charge is 0.246 e. The van der Waals surface area contributed by atoms with Crippen molar-refractivity contribution in [1.29, 1.82) is 2.67 Å². The fraction of sp³-hybridized carbons (Fsp3) is 0.903. The number of nitrogens with one attached hydrogen (secondary N) is 2. The molecule has 2 atom stereocenters. The van der Waals surface area contributed by atoms with E-state index in [1.807, 2.05) is 6.08 Å². The SMILES string of the molecule is C.C1CCC2=NCCCN2CC1.C1CCC2=NCCCN2CC1.C1CCC2=[N+](CC1)CCCN2.C1CCC2=[N+](CC1)CCCN2.C=C(CC)CCCC.C=CCCCCCC.CCCCC(CC)CBr.CCCCC(CC)CN1CCC[N+]2=C1CCCCC2.CCCCCCCCBr.CCCCCCCCN1CCC[N+]2=C1CCCCC2.[2H][B].[2H][B].[Br-].[Br-].[Br-].[Br-].[U].[U]. The number of hydrogen-bond acceptors (Lipinski definition) is 8. The van der Waals surface area contributed by atoms with Crippen molar-refractivity contribution in [3.05, 3.63) is 24.8 Å². The van der Waals surface area contributed by atoms with Gasteiger partial charge in [0.15, 0.2) is 0 Å². The van der Waals surface area contributed by atoms with Gasteiger partial charge in [0, 0.05) is 193 Å². The minimum atomic E-state index is 0. The Labute approximate surface area is 892 Å². The number of amidine groups is 6. The molecule has 0 amide bonds. The van der Waals surface area contributed by atoms with Gasteiger partial charge in [-0.1, -0.05) is 248 Å². The molecule has 2 saturated heterocycles. The van der Waals surface area contributed by atoms with Crippen LogP contribution in [-0.2, 0) is 0 Å². The van der Waals surface area contributed by atoms with Crippen LogP contribution in [-0.4, -0.2) is 234 Å². The van der Waals surface area contributed by atoms with Gasteiger partial charge in [-0.3, -0.25) is 48.7 Å². The van der Waals surface area contributed by atoms with Gasteiger partial charge in [-0.25, -0.2) is 0 Å². The summed E-state index contributed by atoms with van der Waals surface area (Å²) in [7, 11) is 7.50. The van der Waals surface area contributed by atoms with Gasteiger partial charge in [0.05, 0.1) is 103 Å². The van der Waals surface area contributed by atoms with E-state index in [0.29, 0.717) is 0 Å². The molecule has 4 radical (unpaired) electrons. The summed E-state index contributed by atoms with van der Waals surface area (Å²) in [5.41, 5.74) is 1.40. The Balaban J connectivity index is -0.000000253. The Morgan fingerprint density at radius 2 is 0.776 bits per heavy atom. The van der Waals surface area contributed by atoms with E-state index in [1.165, 1.54) is 530 Å². The fourth-order valence-electron chi connectivity index (χ4n) is 18.2. The van der Waals surface area contributed by atoms with Crippen molar-refractivity contribution in [2.24, 2.45) is 21.8 Å². The number of hydrogen-bond donors (Lipinski definition) is 2. The van der Waals surface area contributed by atoms with E-state index in [9.17, 15) is 0 Å². The van der Waals surface area contributed by atoms with Crippen molar-refractivity contribution in [2.75, 3.05) is 142 Å². The quantitative estimate of drug-likeness (QED) is 0.0224. The van der Waals surface area contributed by atoms with Crippen LogP contribution in [0, 0.1) is 74.1 Å². The zero-order chi connectivity index (χ0) is 87.6. The van der Waals surface area contributed by atoms with Crippen molar-refractivity contribution >= 4 is 83.6 Å².